The maximum atomic E-state index is 4.12. The van der Waals surface area contributed by atoms with Gasteiger partial charge in [-0.25, -0.2) is 4.98 Å². The van der Waals surface area contributed by atoms with E-state index in [-0.39, 0.29) is 0 Å². The summed E-state index contributed by atoms with van der Waals surface area (Å²) >= 11 is 3.42. The maximum absolute atomic E-state index is 4.12. The lowest BCUT2D eigenvalue weighted by molar-refractivity contribution is 1.32. The van der Waals surface area contributed by atoms with Crippen molar-refractivity contribution in [1.29, 1.82) is 0 Å². The van der Waals surface area contributed by atoms with Crippen LogP contribution in [0.3, 0.4) is 0 Å². The number of aromatic amines is 1. The van der Waals surface area contributed by atoms with Crippen molar-refractivity contribution in [2.45, 2.75) is 27.7 Å². The van der Waals surface area contributed by atoms with Crippen molar-refractivity contribution in [1.82, 2.24) is 9.97 Å². The van der Waals surface area contributed by atoms with Gasteiger partial charge >= 0.3 is 0 Å². The van der Waals surface area contributed by atoms with Crippen LogP contribution in [0.1, 0.15) is 27.7 Å². The first-order valence-corrected chi connectivity index (χ1v) is 5.75. The summed E-state index contributed by atoms with van der Waals surface area (Å²) in [5.41, 5.74) is 0.925. The van der Waals surface area contributed by atoms with Gasteiger partial charge in [0.05, 0.1) is 0 Å². The fraction of sp³-hybridized carbons (Fsp3) is 0.364. The van der Waals surface area contributed by atoms with Gasteiger partial charge in [-0.1, -0.05) is 27.7 Å². The molecule has 0 bridgehead atoms. The van der Waals surface area contributed by atoms with Crippen LogP contribution in [0.5, 0.6) is 0 Å². The molecule has 1 N–H and O–H groups in total. The monoisotopic (exact) mass is 256 g/mol. The molecule has 2 heterocycles. The van der Waals surface area contributed by atoms with Crippen molar-refractivity contribution in [2.75, 3.05) is 0 Å². The Labute approximate surface area is 93.9 Å². The molecule has 0 radical (unpaired) electrons. The normalized spacial score (nSPS) is 8.36. The fourth-order valence-corrected chi connectivity index (χ4v) is 1.37. The molecule has 78 valence electrons. The third kappa shape index (κ3) is 3.14. The van der Waals surface area contributed by atoms with Crippen molar-refractivity contribution < 1.29 is 0 Å². The summed E-state index contributed by atoms with van der Waals surface area (Å²) < 4.78 is 1.08. The van der Waals surface area contributed by atoms with Gasteiger partial charge in [0.2, 0.25) is 0 Å². The standard InChI is InChI=1S/C7H5BrN2.2C2H6/c8-6-2-4-10-7-5(6)1-3-9-7;2*1-2/h1-4H,(H,9,10);2*1-2H3. The number of hydrogen-bond acceptors (Lipinski definition) is 1. The quantitative estimate of drug-likeness (QED) is 0.745. The SMILES string of the molecule is Brc1ccnc2[nH]ccc12.CC.CC. The molecule has 2 aromatic rings. The summed E-state index contributed by atoms with van der Waals surface area (Å²) in [6.45, 7) is 8.00. The van der Waals surface area contributed by atoms with Crippen LogP contribution in [0, 0.1) is 0 Å². The third-order valence-corrected chi connectivity index (χ3v) is 2.10. The maximum Gasteiger partial charge on any atom is 0.138 e. The van der Waals surface area contributed by atoms with E-state index in [0.717, 1.165) is 15.5 Å². The van der Waals surface area contributed by atoms with Crippen molar-refractivity contribution in [2.24, 2.45) is 0 Å². The van der Waals surface area contributed by atoms with Crippen LogP contribution in [-0.4, -0.2) is 9.97 Å². The molecule has 2 aromatic heterocycles. The van der Waals surface area contributed by atoms with Crippen molar-refractivity contribution >= 4 is 27.0 Å². The van der Waals surface area contributed by atoms with Gasteiger partial charge in [-0.3, -0.25) is 0 Å². The van der Waals surface area contributed by atoms with Gasteiger partial charge < -0.3 is 4.98 Å². The first-order chi connectivity index (χ1) is 6.88. The Morgan fingerprint density at radius 3 is 2.36 bits per heavy atom. The van der Waals surface area contributed by atoms with Crippen LogP contribution in [-0.2, 0) is 0 Å². The molecule has 2 nitrogen and oxygen atoms in total. The van der Waals surface area contributed by atoms with Crippen molar-refractivity contribution in [3.05, 3.63) is 29.0 Å². The first kappa shape index (κ1) is 13.2. The number of rotatable bonds is 0. The highest BCUT2D eigenvalue weighted by Crippen LogP contribution is 2.19. The number of halogens is 1. The highest BCUT2D eigenvalue weighted by Gasteiger charge is 1.96. The molecule has 2 rings (SSSR count). The largest absolute Gasteiger partial charge is 0.346 e. The molecule has 0 spiro atoms. The molecular formula is C11H17BrN2. The average Bonchev–Trinajstić information content (AvgIpc) is 2.73. The van der Waals surface area contributed by atoms with Crippen molar-refractivity contribution in [3.63, 3.8) is 0 Å². The summed E-state index contributed by atoms with van der Waals surface area (Å²) in [6.07, 6.45) is 3.64. The highest BCUT2D eigenvalue weighted by molar-refractivity contribution is 9.10. The van der Waals surface area contributed by atoms with E-state index in [0.29, 0.717) is 0 Å². The van der Waals surface area contributed by atoms with Crippen LogP contribution in [0.25, 0.3) is 11.0 Å². The van der Waals surface area contributed by atoms with E-state index in [1.807, 2.05) is 46.0 Å². The minimum Gasteiger partial charge on any atom is -0.346 e. The van der Waals surface area contributed by atoms with E-state index < -0.39 is 0 Å². The van der Waals surface area contributed by atoms with Gasteiger partial charge in [0.1, 0.15) is 5.65 Å². The molecule has 0 fully saturated rings. The Morgan fingerprint density at radius 2 is 1.79 bits per heavy atom. The number of aromatic nitrogens is 2. The van der Waals surface area contributed by atoms with Gasteiger partial charge in [0, 0.05) is 22.3 Å². The Balaban J connectivity index is 0.000000379. The molecule has 3 heteroatoms. The van der Waals surface area contributed by atoms with Gasteiger partial charge in [-0.15, -0.1) is 0 Å². The molecule has 0 amide bonds. The van der Waals surface area contributed by atoms with Crippen molar-refractivity contribution in [3.8, 4) is 0 Å². The number of pyridine rings is 1. The molecule has 0 aromatic carbocycles. The van der Waals surface area contributed by atoms with Crippen LogP contribution < -0.4 is 0 Å². The second-order valence-corrected chi connectivity index (χ2v) is 2.89. The molecule has 14 heavy (non-hydrogen) atoms. The van der Waals surface area contributed by atoms with Crippen LogP contribution >= 0.6 is 15.9 Å². The second-order valence-electron chi connectivity index (χ2n) is 2.03. The van der Waals surface area contributed by atoms with Gasteiger partial charge in [-0.05, 0) is 28.1 Å². The number of fused-ring (bicyclic) bond motifs is 1. The van der Waals surface area contributed by atoms with E-state index in [2.05, 4.69) is 25.9 Å². The first-order valence-electron chi connectivity index (χ1n) is 4.95. The lowest BCUT2D eigenvalue weighted by atomic mass is 10.3. The molecular weight excluding hydrogens is 240 g/mol. The van der Waals surface area contributed by atoms with Gasteiger partial charge in [0.25, 0.3) is 0 Å². The van der Waals surface area contributed by atoms with Gasteiger partial charge in [-0.2, -0.15) is 0 Å². The zero-order chi connectivity index (χ0) is 11.0. The second kappa shape index (κ2) is 7.56. The predicted octanol–water partition coefficient (Wildman–Crippen LogP) is 4.38. The Morgan fingerprint density at radius 1 is 1.14 bits per heavy atom. The average molecular weight is 257 g/mol. The number of H-pyrrole nitrogens is 1. The molecule has 0 unspecified atom stereocenters. The Kier molecular flexibility index (Phi) is 7.11. The Bertz CT molecular complexity index is 355. The summed E-state index contributed by atoms with van der Waals surface area (Å²) in [4.78, 5) is 7.14. The van der Waals surface area contributed by atoms with E-state index in [1.54, 1.807) is 6.20 Å². The highest BCUT2D eigenvalue weighted by atomic mass is 79.9. The smallest absolute Gasteiger partial charge is 0.138 e. The van der Waals surface area contributed by atoms with Crippen LogP contribution in [0.4, 0.5) is 0 Å². The van der Waals surface area contributed by atoms with E-state index >= 15 is 0 Å². The molecule has 0 atom stereocenters. The number of nitrogens with one attached hydrogen (secondary N) is 1. The summed E-state index contributed by atoms with van der Waals surface area (Å²) in [6, 6.07) is 3.92. The molecule has 0 aliphatic carbocycles. The molecule has 0 aliphatic heterocycles. The minimum absolute atomic E-state index is 0.925. The van der Waals surface area contributed by atoms with Crippen LogP contribution in [0.15, 0.2) is 29.0 Å². The number of nitrogens with zero attached hydrogens (tertiary/aromatic N) is 1. The van der Waals surface area contributed by atoms with Gasteiger partial charge in [0.15, 0.2) is 0 Å². The van der Waals surface area contributed by atoms with E-state index in [1.165, 1.54) is 0 Å². The summed E-state index contributed by atoms with van der Waals surface area (Å²) in [5, 5.41) is 1.13. The fourth-order valence-electron chi connectivity index (χ4n) is 0.927. The summed E-state index contributed by atoms with van der Waals surface area (Å²) in [5.74, 6) is 0. The zero-order valence-electron chi connectivity index (χ0n) is 9.13. The lowest BCUT2D eigenvalue weighted by Crippen LogP contribution is -1.73. The van der Waals surface area contributed by atoms with E-state index in [9.17, 15) is 0 Å². The topological polar surface area (TPSA) is 28.7 Å². The minimum atomic E-state index is 0.925. The lowest BCUT2D eigenvalue weighted by Gasteiger charge is -1.89. The van der Waals surface area contributed by atoms with E-state index in [4.69, 9.17) is 0 Å². The molecule has 0 saturated carbocycles. The predicted molar refractivity (Wildman–Crippen MR) is 66.5 cm³/mol. The number of hydrogen-bond donors (Lipinski definition) is 1. The third-order valence-electron chi connectivity index (χ3n) is 1.41. The Hall–Kier alpha value is -0.830. The molecule has 0 aliphatic rings. The van der Waals surface area contributed by atoms with Crippen LogP contribution in [0.2, 0.25) is 0 Å². The molecule has 0 saturated heterocycles. The summed E-state index contributed by atoms with van der Waals surface area (Å²) in [7, 11) is 0. The zero-order valence-corrected chi connectivity index (χ0v) is 10.7.